The molecule has 0 saturated carbocycles. The zero-order chi connectivity index (χ0) is 15.3. The van der Waals surface area contributed by atoms with Gasteiger partial charge in [0.2, 0.25) is 0 Å². The van der Waals surface area contributed by atoms with Crippen LogP contribution in [-0.2, 0) is 12.8 Å². The minimum atomic E-state index is 0.204. The van der Waals surface area contributed by atoms with Crippen molar-refractivity contribution in [2.45, 2.75) is 18.9 Å². The smallest absolute Gasteiger partial charge is 0.168 e. The second kappa shape index (κ2) is 4.92. The Labute approximate surface area is 129 Å². The van der Waals surface area contributed by atoms with Crippen molar-refractivity contribution in [3.05, 3.63) is 41.0 Å². The normalized spacial score (nSPS) is 18.4. The van der Waals surface area contributed by atoms with Crippen molar-refractivity contribution in [1.29, 1.82) is 0 Å². The van der Waals surface area contributed by atoms with Crippen LogP contribution in [0.25, 0.3) is 11.1 Å². The lowest BCUT2D eigenvalue weighted by atomic mass is 9.77. The summed E-state index contributed by atoms with van der Waals surface area (Å²) in [5, 5.41) is 14.0. The molecule has 1 aliphatic heterocycles. The van der Waals surface area contributed by atoms with Crippen LogP contribution in [0.1, 0.15) is 22.7 Å². The first-order valence-corrected chi connectivity index (χ1v) is 7.57. The van der Waals surface area contributed by atoms with E-state index in [2.05, 4.69) is 11.4 Å². The number of benzene rings is 2. The third-order valence-corrected chi connectivity index (χ3v) is 4.73. The van der Waals surface area contributed by atoms with Crippen molar-refractivity contribution in [1.82, 2.24) is 5.32 Å². The first-order chi connectivity index (χ1) is 10.7. The Kier molecular flexibility index (Phi) is 3.01. The van der Waals surface area contributed by atoms with Crippen molar-refractivity contribution in [3.8, 4) is 28.4 Å². The number of fused-ring (bicyclic) bond motifs is 2. The average molecular weight is 297 g/mol. The first kappa shape index (κ1) is 13.5. The number of hydrogen-bond donors (Lipinski definition) is 2. The largest absolute Gasteiger partial charge is 0.504 e. The molecule has 4 rings (SSSR count). The number of phenolic OH excluding ortho intramolecular Hbond substituents is 1. The number of ether oxygens (including phenoxy) is 2. The van der Waals surface area contributed by atoms with Crippen LogP contribution < -0.4 is 14.8 Å². The molecule has 1 aliphatic carbocycles. The van der Waals surface area contributed by atoms with Crippen molar-refractivity contribution in [2.75, 3.05) is 20.8 Å². The fraction of sp³-hybridized carbons (Fsp3) is 0.333. The molecule has 4 nitrogen and oxygen atoms in total. The van der Waals surface area contributed by atoms with Gasteiger partial charge in [0, 0.05) is 17.2 Å². The number of methoxy groups -OCH3 is 2. The maximum atomic E-state index is 10.4. The molecule has 0 saturated heterocycles. The molecular formula is C18H19NO3. The summed E-state index contributed by atoms with van der Waals surface area (Å²) >= 11 is 0. The molecule has 2 aromatic rings. The third kappa shape index (κ3) is 1.74. The van der Waals surface area contributed by atoms with Gasteiger partial charge in [-0.05, 0) is 48.2 Å². The fourth-order valence-corrected chi connectivity index (χ4v) is 3.86. The molecule has 4 heteroatoms. The van der Waals surface area contributed by atoms with Crippen LogP contribution in [-0.4, -0.2) is 25.9 Å². The molecule has 0 spiro atoms. The Hall–Kier alpha value is -2.20. The molecule has 2 aliphatic rings. The topological polar surface area (TPSA) is 50.7 Å². The van der Waals surface area contributed by atoms with Gasteiger partial charge in [-0.25, -0.2) is 0 Å². The highest BCUT2D eigenvalue weighted by atomic mass is 16.5. The average Bonchev–Trinajstić information content (AvgIpc) is 2.54. The molecule has 1 atom stereocenters. The van der Waals surface area contributed by atoms with E-state index in [1.54, 1.807) is 14.2 Å². The van der Waals surface area contributed by atoms with Gasteiger partial charge in [-0.2, -0.15) is 0 Å². The predicted molar refractivity (Wildman–Crippen MR) is 84.8 cm³/mol. The minimum Gasteiger partial charge on any atom is -0.504 e. The van der Waals surface area contributed by atoms with Gasteiger partial charge >= 0.3 is 0 Å². The second-order valence-electron chi connectivity index (χ2n) is 5.83. The van der Waals surface area contributed by atoms with E-state index in [0.717, 1.165) is 36.3 Å². The zero-order valence-electron chi connectivity index (χ0n) is 12.8. The highest BCUT2D eigenvalue weighted by Crippen LogP contribution is 2.52. The molecular weight excluding hydrogens is 278 g/mol. The summed E-state index contributed by atoms with van der Waals surface area (Å²) in [6.07, 6.45) is 1.85. The van der Waals surface area contributed by atoms with Gasteiger partial charge < -0.3 is 19.9 Å². The summed E-state index contributed by atoms with van der Waals surface area (Å²) in [5.74, 6) is 1.57. The summed E-state index contributed by atoms with van der Waals surface area (Å²) in [5.41, 5.74) is 5.70. The van der Waals surface area contributed by atoms with Crippen molar-refractivity contribution < 1.29 is 14.6 Å². The quantitative estimate of drug-likeness (QED) is 0.895. The Morgan fingerprint density at radius 1 is 1.14 bits per heavy atom. The molecule has 0 fully saturated rings. The van der Waals surface area contributed by atoms with E-state index in [4.69, 9.17) is 9.47 Å². The lowest BCUT2D eigenvalue weighted by Crippen LogP contribution is -2.33. The van der Waals surface area contributed by atoms with Gasteiger partial charge in [0.1, 0.15) is 5.75 Å². The lowest BCUT2D eigenvalue weighted by Gasteiger charge is -2.35. The van der Waals surface area contributed by atoms with E-state index >= 15 is 0 Å². The number of aromatic hydroxyl groups is 1. The van der Waals surface area contributed by atoms with Gasteiger partial charge in [0.25, 0.3) is 0 Å². The van der Waals surface area contributed by atoms with E-state index in [1.165, 1.54) is 16.7 Å². The molecule has 1 unspecified atom stereocenters. The number of phenols is 1. The van der Waals surface area contributed by atoms with Crippen LogP contribution in [0.15, 0.2) is 24.3 Å². The lowest BCUT2D eigenvalue weighted by molar-refractivity contribution is 0.369. The SMILES string of the molecule is COc1cccc2c1-c1c(OC)c(O)cc3c1C(C2)NCC3. The number of hydrogen-bond acceptors (Lipinski definition) is 4. The maximum absolute atomic E-state index is 10.4. The second-order valence-corrected chi connectivity index (χ2v) is 5.83. The molecule has 114 valence electrons. The third-order valence-electron chi connectivity index (χ3n) is 4.73. The molecule has 0 radical (unpaired) electrons. The van der Waals surface area contributed by atoms with Gasteiger partial charge in [-0.1, -0.05) is 12.1 Å². The number of rotatable bonds is 2. The van der Waals surface area contributed by atoms with Crippen LogP contribution in [0.4, 0.5) is 0 Å². The van der Waals surface area contributed by atoms with Crippen molar-refractivity contribution >= 4 is 0 Å². The van der Waals surface area contributed by atoms with Gasteiger partial charge in [0.05, 0.1) is 14.2 Å². The monoisotopic (exact) mass is 297 g/mol. The summed E-state index contributed by atoms with van der Waals surface area (Å²) < 4.78 is 11.1. The van der Waals surface area contributed by atoms with Crippen LogP contribution in [0.3, 0.4) is 0 Å². The van der Waals surface area contributed by atoms with Crippen molar-refractivity contribution in [2.24, 2.45) is 0 Å². The first-order valence-electron chi connectivity index (χ1n) is 7.57. The molecule has 0 amide bonds. The molecule has 1 heterocycles. The summed E-state index contributed by atoms with van der Waals surface area (Å²) in [7, 11) is 3.29. The summed E-state index contributed by atoms with van der Waals surface area (Å²) in [6.45, 7) is 0.933. The van der Waals surface area contributed by atoms with Crippen LogP contribution in [0, 0.1) is 0 Å². The van der Waals surface area contributed by atoms with E-state index in [0.29, 0.717) is 5.75 Å². The van der Waals surface area contributed by atoms with Crippen LogP contribution >= 0.6 is 0 Å². The van der Waals surface area contributed by atoms with Crippen LogP contribution in [0.2, 0.25) is 0 Å². The Bertz CT molecular complexity index is 754. The van der Waals surface area contributed by atoms with Crippen LogP contribution in [0.5, 0.6) is 17.2 Å². The van der Waals surface area contributed by atoms with Gasteiger partial charge in [-0.15, -0.1) is 0 Å². The fourth-order valence-electron chi connectivity index (χ4n) is 3.86. The maximum Gasteiger partial charge on any atom is 0.168 e. The molecule has 2 N–H and O–H groups in total. The van der Waals surface area contributed by atoms with E-state index in [-0.39, 0.29) is 11.8 Å². The molecule has 0 bridgehead atoms. The summed E-state index contributed by atoms with van der Waals surface area (Å²) in [4.78, 5) is 0. The molecule has 2 aromatic carbocycles. The minimum absolute atomic E-state index is 0.204. The van der Waals surface area contributed by atoms with Gasteiger partial charge in [0.15, 0.2) is 11.5 Å². The molecule has 0 aromatic heterocycles. The van der Waals surface area contributed by atoms with E-state index < -0.39 is 0 Å². The van der Waals surface area contributed by atoms with E-state index in [9.17, 15) is 5.11 Å². The summed E-state index contributed by atoms with van der Waals surface area (Å²) in [6, 6.07) is 8.23. The Morgan fingerprint density at radius 3 is 2.77 bits per heavy atom. The zero-order valence-corrected chi connectivity index (χ0v) is 12.8. The van der Waals surface area contributed by atoms with Crippen molar-refractivity contribution in [3.63, 3.8) is 0 Å². The molecule has 22 heavy (non-hydrogen) atoms. The Balaban J connectivity index is 2.11. The Morgan fingerprint density at radius 2 is 2.00 bits per heavy atom. The van der Waals surface area contributed by atoms with Gasteiger partial charge in [-0.3, -0.25) is 0 Å². The predicted octanol–water partition coefficient (Wildman–Crippen LogP) is 2.82. The highest BCUT2D eigenvalue weighted by molar-refractivity contribution is 5.86. The number of nitrogens with one attached hydrogen (secondary N) is 1. The van der Waals surface area contributed by atoms with E-state index in [1.807, 2.05) is 18.2 Å². The highest BCUT2D eigenvalue weighted by Gasteiger charge is 2.34. The standard InChI is InChI=1S/C18H19NO3/c1-21-14-5-3-4-10-8-12-15-11(6-7-19-12)9-13(20)18(22-2)17(15)16(10)14/h3-5,9,12,19-20H,6-8H2,1-2H3.